The van der Waals surface area contributed by atoms with E-state index in [-0.39, 0.29) is 17.6 Å². The number of ether oxygens (including phenoxy) is 1. The van der Waals surface area contributed by atoms with E-state index >= 15 is 0 Å². The fourth-order valence-corrected chi connectivity index (χ4v) is 4.07. The highest BCUT2D eigenvalue weighted by molar-refractivity contribution is 7.16. The molecular weight excluding hydrogens is 354 g/mol. The Kier molecular flexibility index (Phi) is 4.77. The first-order chi connectivity index (χ1) is 12.7. The zero-order valence-electron chi connectivity index (χ0n) is 14.1. The van der Waals surface area contributed by atoms with Crippen LogP contribution in [0.5, 0.6) is 0 Å². The lowest BCUT2D eigenvalue weighted by Gasteiger charge is -2.21. The molecule has 0 spiro atoms. The van der Waals surface area contributed by atoms with Gasteiger partial charge in [-0.2, -0.15) is 0 Å². The summed E-state index contributed by atoms with van der Waals surface area (Å²) in [7, 11) is 0. The van der Waals surface area contributed by atoms with Crippen molar-refractivity contribution in [2.75, 3.05) is 24.3 Å². The van der Waals surface area contributed by atoms with Gasteiger partial charge in [0.1, 0.15) is 5.69 Å². The Labute approximate surface area is 154 Å². The molecule has 0 unspecified atom stereocenters. The number of hydrogen-bond acceptors (Lipinski definition) is 7. The molecule has 0 bridgehead atoms. The molecule has 0 saturated carbocycles. The van der Waals surface area contributed by atoms with Crippen LogP contribution in [-0.2, 0) is 11.2 Å². The summed E-state index contributed by atoms with van der Waals surface area (Å²) < 4.78 is 16.1. The minimum absolute atomic E-state index is 0.156. The number of nitrogen functional groups attached to an aromatic ring is 1. The quantitative estimate of drug-likeness (QED) is 0.705. The Bertz CT molecular complexity index is 878. The number of nitrogens with one attached hydrogen (secondary N) is 1. The number of aromatic nitrogens is 1. The molecule has 7 nitrogen and oxygen atoms in total. The summed E-state index contributed by atoms with van der Waals surface area (Å²) in [5.74, 6) is 1.23. The molecule has 1 aliphatic heterocycles. The van der Waals surface area contributed by atoms with Crippen molar-refractivity contribution in [1.29, 1.82) is 0 Å². The first-order valence-corrected chi connectivity index (χ1v) is 9.28. The number of rotatable bonds is 5. The molecule has 0 aliphatic carbocycles. The normalized spacial score (nSPS) is 15.2. The maximum Gasteiger partial charge on any atom is 0.293 e. The monoisotopic (exact) mass is 373 g/mol. The van der Waals surface area contributed by atoms with E-state index in [2.05, 4.69) is 10.3 Å². The van der Waals surface area contributed by atoms with Crippen molar-refractivity contribution in [1.82, 2.24) is 4.98 Å². The van der Waals surface area contributed by atoms with E-state index in [1.54, 1.807) is 12.3 Å². The molecule has 8 heteroatoms. The first kappa shape index (κ1) is 16.9. The highest BCUT2D eigenvalue weighted by atomic mass is 32.1. The minimum atomic E-state index is -0.376. The van der Waals surface area contributed by atoms with Crippen molar-refractivity contribution in [3.8, 4) is 11.5 Å². The SMILES string of the molecule is Nc1ccc(C(=O)Nc2nc(-c3ccco3)c(CC3CCOCC3)s2)o1. The molecule has 0 atom stereocenters. The number of hydrogen-bond donors (Lipinski definition) is 2. The number of nitrogens with two attached hydrogens (primary N) is 1. The molecule has 4 rings (SSSR count). The van der Waals surface area contributed by atoms with E-state index in [0.717, 1.165) is 43.0 Å². The lowest BCUT2D eigenvalue weighted by Crippen LogP contribution is -2.17. The van der Waals surface area contributed by atoms with Gasteiger partial charge in [-0.15, -0.1) is 11.3 Å². The van der Waals surface area contributed by atoms with Gasteiger partial charge in [0.2, 0.25) is 0 Å². The minimum Gasteiger partial charge on any atom is -0.463 e. The third-order valence-electron chi connectivity index (χ3n) is 4.34. The molecule has 1 fully saturated rings. The van der Waals surface area contributed by atoms with Crippen LogP contribution in [0.4, 0.5) is 11.0 Å². The fourth-order valence-electron chi connectivity index (χ4n) is 3.00. The van der Waals surface area contributed by atoms with Crippen LogP contribution < -0.4 is 11.1 Å². The van der Waals surface area contributed by atoms with E-state index in [4.69, 9.17) is 19.3 Å². The average molecular weight is 373 g/mol. The Morgan fingerprint density at radius 1 is 1.31 bits per heavy atom. The molecule has 1 amide bonds. The summed E-state index contributed by atoms with van der Waals surface area (Å²) in [6.45, 7) is 1.59. The second kappa shape index (κ2) is 7.35. The largest absolute Gasteiger partial charge is 0.463 e. The van der Waals surface area contributed by atoms with Gasteiger partial charge in [0.15, 0.2) is 22.5 Å². The van der Waals surface area contributed by atoms with Crippen LogP contribution in [0, 0.1) is 5.92 Å². The van der Waals surface area contributed by atoms with Crippen molar-refractivity contribution in [3.63, 3.8) is 0 Å². The number of nitrogens with zero attached hydrogens (tertiary/aromatic N) is 1. The van der Waals surface area contributed by atoms with Crippen LogP contribution in [0.3, 0.4) is 0 Å². The van der Waals surface area contributed by atoms with Gasteiger partial charge < -0.3 is 19.3 Å². The molecule has 3 N–H and O–H groups in total. The van der Waals surface area contributed by atoms with Crippen LogP contribution in [0.15, 0.2) is 39.4 Å². The van der Waals surface area contributed by atoms with Crippen molar-refractivity contribution in [2.45, 2.75) is 19.3 Å². The highest BCUT2D eigenvalue weighted by Crippen LogP contribution is 2.35. The third-order valence-corrected chi connectivity index (χ3v) is 5.33. The zero-order chi connectivity index (χ0) is 17.9. The molecule has 1 saturated heterocycles. The molecule has 4 heterocycles. The fraction of sp³-hybridized carbons (Fsp3) is 0.333. The summed E-state index contributed by atoms with van der Waals surface area (Å²) in [6.07, 6.45) is 4.57. The molecular formula is C18H19N3O4S. The third kappa shape index (κ3) is 3.66. The zero-order valence-corrected chi connectivity index (χ0v) is 14.9. The second-order valence-corrected chi connectivity index (χ2v) is 7.27. The van der Waals surface area contributed by atoms with Gasteiger partial charge in [0.05, 0.1) is 6.26 Å². The number of carbonyl (C=O) groups is 1. The van der Waals surface area contributed by atoms with E-state index in [0.29, 0.717) is 16.8 Å². The maximum absolute atomic E-state index is 12.3. The van der Waals surface area contributed by atoms with Gasteiger partial charge in [-0.05, 0) is 43.4 Å². The first-order valence-electron chi connectivity index (χ1n) is 8.47. The van der Waals surface area contributed by atoms with Crippen molar-refractivity contribution < 1.29 is 18.4 Å². The number of anilines is 2. The van der Waals surface area contributed by atoms with Gasteiger partial charge in [0, 0.05) is 24.2 Å². The number of carbonyl (C=O) groups excluding carboxylic acids is 1. The van der Waals surface area contributed by atoms with Crippen LogP contribution in [0.1, 0.15) is 28.3 Å². The molecule has 0 radical (unpaired) electrons. The molecule has 3 aromatic rings. The van der Waals surface area contributed by atoms with Gasteiger partial charge >= 0.3 is 0 Å². The predicted octanol–water partition coefficient (Wildman–Crippen LogP) is 3.80. The Hall–Kier alpha value is -2.58. The summed E-state index contributed by atoms with van der Waals surface area (Å²) in [6, 6.07) is 6.79. The smallest absolute Gasteiger partial charge is 0.293 e. The van der Waals surface area contributed by atoms with Gasteiger partial charge in [-0.3, -0.25) is 10.1 Å². The Balaban J connectivity index is 1.57. The highest BCUT2D eigenvalue weighted by Gasteiger charge is 2.22. The summed E-state index contributed by atoms with van der Waals surface area (Å²) in [4.78, 5) is 18.0. The van der Waals surface area contributed by atoms with Crippen LogP contribution in [0.25, 0.3) is 11.5 Å². The number of furan rings is 2. The van der Waals surface area contributed by atoms with E-state index in [1.165, 1.54) is 17.4 Å². The average Bonchev–Trinajstić information content (AvgIpc) is 3.37. The number of amides is 1. The van der Waals surface area contributed by atoms with E-state index < -0.39 is 0 Å². The lowest BCUT2D eigenvalue weighted by atomic mass is 9.95. The maximum atomic E-state index is 12.3. The lowest BCUT2D eigenvalue weighted by molar-refractivity contribution is 0.0667. The number of thiazole rings is 1. The van der Waals surface area contributed by atoms with Gasteiger partial charge in [0.25, 0.3) is 5.91 Å². The van der Waals surface area contributed by atoms with Crippen LogP contribution >= 0.6 is 11.3 Å². The predicted molar refractivity (Wildman–Crippen MR) is 98.1 cm³/mol. The van der Waals surface area contributed by atoms with Crippen molar-refractivity contribution in [2.24, 2.45) is 5.92 Å². The standard InChI is InChI=1S/C18H19N3O4S/c19-15-4-3-13(25-15)17(22)21-18-20-16(12-2-1-7-24-12)14(26-18)10-11-5-8-23-9-6-11/h1-4,7,11H,5-6,8-10,19H2,(H,20,21,22). The summed E-state index contributed by atoms with van der Waals surface area (Å²) >= 11 is 1.46. The molecule has 26 heavy (non-hydrogen) atoms. The molecule has 0 aromatic carbocycles. The Morgan fingerprint density at radius 3 is 2.85 bits per heavy atom. The summed E-state index contributed by atoms with van der Waals surface area (Å²) in [5, 5.41) is 3.30. The van der Waals surface area contributed by atoms with Crippen molar-refractivity contribution >= 4 is 28.3 Å². The van der Waals surface area contributed by atoms with Gasteiger partial charge in [-0.25, -0.2) is 4.98 Å². The van der Waals surface area contributed by atoms with Crippen LogP contribution in [-0.4, -0.2) is 24.1 Å². The summed E-state index contributed by atoms with van der Waals surface area (Å²) in [5.41, 5.74) is 6.30. The Morgan fingerprint density at radius 2 is 2.15 bits per heavy atom. The molecule has 3 aromatic heterocycles. The van der Waals surface area contributed by atoms with E-state index in [1.807, 2.05) is 12.1 Å². The van der Waals surface area contributed by atoms with Crippen molar-refractivity contribution in [3.05, 3.63) is 41.2 Å². The molecule has 136 valence electrons. The van der Waals surface area contributed by atoms with Crippen LogP contribution in [0.2, 0.25) is 0 Å². The van der Waals surface area contributed by atoms with E-state index in [9.17, 15) is 4.79 Å². The second-order valence-electron chi connectivity index (χ2n) is 6.18. The topological polar surface area (TPSA) is 104 Å². The van der Waals surface area contributed by atoms with Gasteiger partial charge in [-0.1, -0.05) is 0 Å². The molecule has 1 aliphatic rings.